The zero-order valence-electron chi connectivity index (χ0n) is 15.8. The number of carbonyl (C=O) groups excluding carboxylic acids is 2. The fourth-order valence-corrected chi connectivity index (χ4v) is 5.81. The van der Waals surface area contributed by atoms with Crippen LogP contribution < -0.4 is 0 Å². The van der Waals surface area contributed by atoms with E-state index in [4.69, 9.17) is 0 Å². The van der Waals surface area contributed by atoms with Gasteiger partial charge in [0, 0.05) is 37.7 Å². The maximum Gasteiger partial charge on any atom is 0.232 e. The second kappa shape index (κ2) is 6.83. The van der Waals surface area contributed by atoms with Gasteiger partial charge in [-0.25, -0.2) is 4.98 Å². The van der Waals surface area contributed by atoms with Gasteiger partial charge in [0.1, 0.15) is 0 Å². The van der Waals surface area contributed by atoms with E-state index < -0.39 is 0 Å². The van der Waals surface area contributed by atoms with E-state index in [1.165, 1.54) is 18.5 Å². The molecule has 3 heterocycles. The predicted octanol–water partition coefficient (Wildman–Crippen LogP) is 2.17. The van der Waals surface area contributed by atoms with Crippen LogP contribution in [0.5, 0.6) is 0 Å². The highest BCUT2D eigenvalue weighted by Crippen LogP contribution is 2.45. The number of carbonyl (C=O) groups is 2. The SMILES string of the molecule is O=C(CSCC1CC1)N1CCC2(CC1)c1nc[nH]c1CCN2C(=O)C1CC1. The number of H-pyrrole nitrogens is 1. The molecule has 1 aromatic heterocycles. The largest absolute Gasteiger partial charge is 0.348 e. The Kier molecular flexibility index (Phi) is 4.45. The minimum absolute atomic E-state index is 0.223. The fourth-order valence-electron chi connectivity index (χ4n) is 4.67. The molecule has 0 atom stereocenters. The van der Waals surface area contributed by atoms with Crippen LogP contribution in [0.2, 0.25) is 0 Å². The first-order valence-corrected chi connectivity index (χ1v) is 11.5. The van der Waals surface area contributed by atoms with Crippen molar-refractivity contribution >= 4 is 23.6 Å². The number of nitrogens with zero attached hydrogens (tertiary/aromatic N) is 3. The summed E-state index contributed by atoms with van der Waals surface area (Å²) in [7, 11) is 0. The molecule has 3 fully saturated rings. The Morgan fingerprint density at radius 1 is 1.19 bits per heavy atom. The van der Waals surface area contributed by atoms with Crippen molar-refractivity contribution in [1.82, 2.24) is 19.8 Å². The van der Waals surface area contributed by atoms with Crippen molar-refractivity contribution in [3.63, 3.8) is 0 Å². The summed E-state index contributed by atoms with van der Waals surface area (Å²) in [5.41, 5.74) is 1.91. The van der Waals surface area contributed by atoms with Crippen LogP contribution in [0.4, 0.5) is 0 Å². The van der Waals surface area contributed by atoms with Gasteiger partial charge in [-0.2, -0.15) is 11.8 Å². The lowest BCUT2D eigenvalue weighted by Crippen LogP contribution is -2.59. The summed E-state index contributed by atoms with van der Waals surface area (Å²) in [5.74, 6) is 3.37. The quantitative estimate of drug-likeness (QED) is 0.839. The van der Waals surface area contributed by atoms with Crippen molar-refractivity contribution in [1.29, 1.82) is 0 Å². The number of hydrogen-bond donors (Lipinski definition) is 1. The van der Waals surface area contributed by atoms with Crippen LogP contribution >= 0.6 is 11.8 Å². The first kappa shape index (κ1) is 17.6. The first-order chi connectivity index (χ1) is 13.2. The summed E-state index contributed by atoms with van der Waals surface area (Å²) in [6.45, 7) is 2.23. The average molecular weight is 389 g/mol. The molecule has 27 heavy (non-hydrogen) atoms. The Labute approximate surface area is 164 Å². The monoisotopic (exact) mass is 388 g/mol. The number of aromatic amines is 1. The number of likely N-dealkylation sites (tertiary alicyclic amines) is 1. The Balaban J connectivity index is 1.29. The third kappa shape index (κ3) is 3.28. The molecule has 5 rings (SSSR count). The number of amides is 2. The second-order valence-electron chi connectivity index (χ2n) is 8.61. The van der Waals surface area contributed by atoms with Gasteiger partial charge in [0.15, 0.2) is 0 Å². The molecular formula is C20H28N4O2S. The van der Waals surface area contributed by atoms with Gasteiger partial charge in [0.05, 0.1) is 23.3 Å². The third-order valence-corrected chi connectivity index (χ3v) is 7.83. The van der Waals surface area contributed by atoms with Crippen molar-refractivity contribution in [3.05, 3.63) is 17.7 Å². The lowest BCUT2D eigenvalue weighted by Gasteiger charge is -2.50. The maximum atomic E-state index is 13.0. The molecule has 1 spiro atoms. The standard InChI is InChI=1S/C20H28N4O2S/c25-17(12-27-11-14-1-2-14)23-9-6-20(7-10-23)18-16(21-13-22-18)5-8-24(20)19(26)15-3-4-15/h13-15H,1-12H2,(H,21,22). The molecule has 146 valence electrons. The van der Waals surface area contributed by atoms with Crippen LogP contribution in [0.25, 0.3) is 0 Å². The van der Waals surface area contributed by atoms with E-state index in [-0.39, 0.29) is 17.4 Å². The first-order valence-electron chi connectivity index (χ1n) is 10.4. The van der Waals surface area contributed by atoms with Gasteiger partial charge < -0.3 is 14.8 Å². The van der Waals surface area contributed by atoms with E-state index in [0.29, 0.717) is 11.7 Å². The third-order valence-electron chi connectivity index (χ3n) is 6.67. The maximum absolute atomic E-state index is 13.0. The van der Waals surface area contributed by atoms with Crippen molar-refractivity contribution < 1.29 is 9.59 Å². The lowest BCUT2D eigenvalue weighted by atomic mass is 9.78. The number of fused-ring (bicyclic) bond motifs is 2. The normalized spacial score (nSPS) is 24.1. The molecule has 6 nitrogen and oxygen atoms in total. The van der Waals surface area contributed by atoms with E-state index in [1.54, 1.807) is 18.1 Å². The number of thioether (sulfide) groups is 1. The van der Waals surface area contributed by atoms with Gasteiger partial charge in [-0.15, -0.1) is 0 Å². The van der Waals surface area contributed by atoms with Crippen LogP contribution in [0.15, 0.2) is 6.33 Å². The van der Waals surface area contributed by atoms with E-state index in [0.717, 1.165) is 69.1 Å². The summed E-state index contributed by atoms with van der Waals surface area (Å²) in [4.78, 5) is 37.6. The number of nitrogens with one attached hydrogen (secondary N) is 1. The molecule has 0 radical (unpaired) electrons. The van der Waals surface area contributed by atoms with Crippen molar-refractivity contribution in [3.8, 4) is 0 Å². The molecular weight excluding hydrogens is 360 g/mol. The van der Waals surface area contributed by atoms with Crippen LogP contribution in [0.3, 0.4) is 0 Å². The van der Waals surface area contributed by atoms with Crippen LogP contribution in [0.1, 0.15) is 49.9 Å². The molecule has 7 heteroatoms. The lowest BCUT2D eigenvalue weighted by molar-refractivity contribution is -0.145. The van der Waals surface area contributed by atoms with Gasteiger partial charge in [0.25, 0.3) is 0 Å². The van der Waals surface area contributed by atoms with Crippen molar-refractivity contribution in [2.24, 2.45) is 11.8 Å². The molecule has 0 aromatic carbocycles. The summed E-state index contributed by atoms with van der Waals surface area (Å²) in [6, 6.07) is 0. The van der Waals surface area contributed by atoms with E-state index >= 15 is 0 Å². The van der Waals surface area contributed by atoms with E-state index in [9.17, 15) is 9.59 Å². The Bertz CT molecular complexity index is 732. The highest BCUT2D eigenvalue weighted by atomic mass is 32.2. The Morgan fingerprint density at radius 3 is 2.67 bits per heavy atom. The second-order valence-corrected chi connectivity index (χ2v) is 9.64. The van der Waals surface area contributed by atoms with Crippen LogP contribution in [-0.2, 0) is 21.5 Å². The number of aromatic nitrogens is 2. The number of rotatable bonds is 5. The molecule has 1 N–H and O–H groups in total. The van der Waals surface area contributed by atoms with E-state index in [2.05, 4.69) is 14.9 Å². The Morgan fingerprint density at radius 2 is 1.96 bits per heavy atom. The van der Waals surface area contributed by atoms with Crippen LogP contribution in [-0.4, -0.2) is 62.7 Å². The fraction of sp³-hybridized carbons (Fsp3) is 0.750. The number of piperidine rings is 1. The molecule has 2 aliphatic heterocycles. The summed E-state index contributed by atoms with van der Waals surface area (Å²) < 4.78 is 0. The molecule has 2 amide bonds. The zero-order valence-corrected chi connectivity index (χ0v) is 16.6. The highest BCUT2D eigenvalue weighted by Gasteiger charge is 2.51. The number of hydrogen-bond acceptors (Lipinski definition) is 4. The minimum Gasteiger partial charge on any atom is -0.348 e. The van der Waals surface area contributed by atoms with E-state index in [1.807, 2.05) is 4.90 Å². The van der Waals surface area contributed by atoms with Gasteiger partial charge in [-0.3, -0.25) is 9.59 Å². The smallest absolute Gasteiger partial charge is 0.232 e. The molecule has 2 aliphatic carbocycles. The number of imidazole rings is 1. The summed E-state index contributed by atoms with van der Waals surface area (Å²) in [5, 5.41) is 0. The molecule has 1 saturated heterocycles. The van der Waals surface area contributed by atoms with Crippen molar-refractivity contribution in [2.45, 2.75) is 50.5 Å². The molecule has 0 unspecified atom stereocenters. The predicted molar refractivity (Wildman–Crippen MR) is 104 cm³/mol. The molecule has 0 bridgehead atoms. The summed E-state index contributed by atoms with van der Waals surface area (Å²) in [6.07, 6.45) is 8.97. The van der Waals surface area contributed by atoms with Crippen LogP contribution in [0, 0.1) is 11.8 Å². The molecule has 1 aromatic rings. The summed E-state index contributed by atoms with van der Waals surface area (Å²) >= 11 is 1.79. The van der Waals surface area contributed by atoms with Gasteiger partial charge in [0.2, 0.25) is 11.8 Å². The Hall–Kier alpha value is -1.50. The van der Waals surface area contributed by atoms with Gasteiger partial charge >= 0.3 is 0 Å². The van der Waals surface area contributed by atoms with Gasteiger partial charge in [-0.05, 0) is 50.2 Å². The molecule has 2 saturated carbocycles. The topological polar surface area (TPSA) is 69.3 Å². The zero-order chi connectivity index (χ0) is 18.4. The van der Waals surface area contributed by atoms with Gasteiger partial charge in [-0.1, -0.05) is 0 Å². The van der Waals surface area contributed by atoms with Crippen molar-refractivity contribution in [2.75, 3.05) is 31.1 Å². The molecule has 4 aliphatic rings. The highest BCUT2D eigenvalue weighted by molar-refractivity contribution is 7.99. The minimum atomic E-state index is -0.314. The average Bonchev–Trinajstić information content (AvgIpc) is 3.61.